The summed E-state index contributed by atoms with van der Waals surface area (Å²) in [5.41, 5.74) is -2.21. The first-order chi connectivity index (χ1) is 9.16. The van der Waals surface area contributed by atoms with E-state index in [4.69, 9.17) is 10.2 Å². The molecule has 1 atom stereocenters. The van der Waals surface area contributed by atoms with Crippen molar-refractivity contribution in [3.8, 4) is 0 Å². The standard InChI is InChI=1S/C11H9F4NO4/c12-7-2-1-5(3-6(7)11(13,14)15)9(18)16-8(4-17)10(19)20/h1-3,8,17H,4H2,(H,16,18)(H,19,20). The number of nitrogens with one attached hydrogen (secondary N) is 1. The van der Waals surface area contributed by atoms with Gasteiger partial charge in [0.05, 0.1) is 12.2 Å². The molecule has 9 heteroatoms. The Balaban J connectivity index is 3.03. The van der Waals surface area contributed by atoms with Gasteiger partial charge in [0.2, 0.25) is 0 Å². The van der Waals surface area contributed by atoms with Crippen molar-refractivity contribution in [3.63, 3.8) is 0 Å². The maximum atomic E-state index is 13.0. The van der Waals surface area contributed by atoms with Gasteiger partial charge in [0, 0.05) is 5.56 Å². The minimum absolute atomic E-state index is 0.265. The number of halogens is 4. The summed E-state index contributed by atoms with van der Waals surface area (Å²) in [5.74, 6) is -4.28. The Hall–Kier alpha value is -2.16. The number of carbonyl (C=O) groups excluding carboxylic acids is 1. The summed E-state index contributed by atoms with van der Waals surface area (Å²) in [5, 5.41) is 19.1. The lowest BCUT2D eigenvalue weighted by atomic mass is 10.1. The van der Waals surface area contributed by atoms with Gasteiger partial charge in [-0.3, -0.25) is 4.79 Å². The Morgan fingerprint density at radius 3 is 2.35 bits per heavy atom. The zero-order chi connectivity index (χ0) is 15.5. The van der Waals surface area contributed by atoms with Crippen LogP contribution in [0.25, 0.3) is 0 Å². The van der Waals surface area contributed by atoms with Gasteiger partial charge in [0.15, 0.2) is 6.04 Å². The Kier molecular flexibility index (Phi) is 4.66. The highest BCUT2D eigenvalue weighted by Gasteiger charge is 2.34. The van der Waals surface area contributed by atoms with Gasteiger partial charge in [-0.2, -0.15) is 13.2 Å². The SMILES string of the molecule is O=C(NC(CO)C(=O)O)c1ccc(F)c(C(F)(F)F)c1. The van der Waals surface area contributed by atoms with Crippen LogP contribution in [0.5, 0.6) is 0 Å². The molecule has 1 amide bonds. The van der Waals surface area contributed by atoms with Gasteiger partial charge < -0.3 is 15.5 Å². The van der Waals surface area contributed by atoms with Gasteiger partial charge in [-0.15, -0.1) is 0 Å². The predicted molar refractivity (Wildman–Crippen MR) is 57.4 cm³/mol. The molecule has 110 valence electrons. The monoisotopic (exact) mass is 295 g/mol. The Bertz CT molecular complexity index is 530. The molecule has 1 aromatic rings. The molecule has 0 bridgehead atoms. The molecule has 5 nitrogen and oxygen atoms in total. The number of aliphatic hydroxyl groups is 1. The van der Waals surface area contributed by atoms with Crippen molar-refractivity contribution in [2.24, 2.45) is 0 Å². The number of benzene rings is 1. The molecule has 0 aromatic heterocycles. The van der Waals surface area contributed by atoms with Crippen LogP contribution in [0, 0.1) is 5.82 Å². The molecule has 0 spiro atoms. The van der Waals surface area contributed by atoms with Gasteiger partial charge in [-0.05, 0) is 18.2 Å². The van der Waals surface area contributed by atoms with Crippen molar-refractivity contribution < 1.29 is 37.4 Å². The molecule has 0 aliphatic heterocycles. The molecular weight excluding hydrogens is 286 g/mol. The minimum atomic E-state index is -4.98. The Labute approximate surface area is 109 Å². The lowest BCUT2D eigenvalue weighted by Gasteiger charge is -2.13. The van der Waals surface area contributed by atoms with Crippen LogP contribution in [0.2, 0.25) is 0 Å². The van der Waals surface area contributed by atoms with Crippen molar-refractivity contribution in [2.75, 3.05) is 6.61 Å². The Morgan fingerprint density at radius 1 is 1.30 bits per heavy atom. The summed E-state index contributed by atoms with van der Waals surface area (Å²) in [6.07, 6.45) is -4.98. The highest BCUT2D eigenvalue weighted by molar-refractivity contribution is 5.96. The van der Waals surface area contributed by atoms with Crippen LogP contribution in [-0.4, -0.2) is 34.7 Å². The van der Waals surface area contributed by atoms with E-state index in [1.54, 1.807) is 5.32 Å². The number of amides is 1. The fourth-order valence-corrected chi connectivity index (χ4v) is 1.31. The molecule has 0 radical (unpaired) electrons. The second-order valence-electron chi connectivity index (χ2n) is 3.74. The van der Waals surface area contributed by atoms with Gasteiger partial charge >= 0.3 is 12.1 Å². The molecule has 1 aromatic carbocycles. The van der Waals surface area contributed by atoms with Crippen molar-refractivity contribution >= 4 is 11.9 Å². The highest BCUT2D eigenvalue weighted by Crippen LogP contribution is 2.31. The molecule has 20 heavy (non-hydrogen) atoms. The molecule has 0 heterocycles. The fraction of sp³-hybridized carbons (Fsp3) is 0.273. The number of alkyl halides is 3. The highest BCUT2D eigenvalue weighted by atomic mass is 19.4. The number of aliphatic carboxylic acids is 1. The third-order valence-electron chi connectivity index (χ3n) is 2.32. The van der Waals surface area contributed by atoms with Crippen LogP contribution in [0.15, 0.2) is 18.2 Å². The predicted octanol–water partition coefficient (Wildman–Crippen LogP) is 1.02. The molecule has 0 aliphatic rings. The third kappa shape index (κ3) is 3.67. The number of carboxylic acid groups (broad SMARTS) is 1. The summed E-state index contributed by atoms with van der Waals surface area (Å²) in [4.78, 5) is 22.1. The molecule has 1 rings (SSSR count). The van der Waals surface area contributed by atoms with Crippen molar-refractivity contribution in [1.82, 2.24) is 5.32 Å². The van der Waals surface area contributed by atoms with E-state index in [1.807, 2.05) is 0 Å². The molecule has 0 saturated heterocycles. The summed E-state index contributed by atoms with van der Waals surface area (Å²) in [7, 11) is 0. The first-order valence-electron chi connectivity index (χ1n) is 5.18. The van der Waals surface area contributed by atoms with Crippen LogP contribution >= 0.6 is 0 Å². The molecule has 3 N–H and O–H groups in total. The fourth-order valence-electron chi connectivity index (χ4n) is 1.31. The maximum absolute atomic E-state index is 13.0. The maximum Gasteiger partial charge on any atom is 0.419 e. The van der Waals surface area contributed by atoms with Crippen LogP contribution in [-0.2, 0) is 11.0 Å². The van der Waals surface area contributed by atoms with Crippen molar-refractivity contribution in [3.05, 3.63) is 35.1 Å². The van der Waals surface area contributed by atoms with Crippen LogP contribution in [0.4, 0.5) is 17.6 Å². The lowest BCUT2D eigenvalue weighted by molar-refractivity contribution is -0.141. The third-order valence-corrected chi connectivity index (χ3v) is 2.32. The van der Waals surface area contributed by atoms with Gasteiger partial charge in [-0.1, -0.05) is 0 Å². The van der Waals surface area contributed by atoms with Gasteiger partial charge in [-0.25, -0.2) is 9.18 Å². The van der Waals surface area contributed by atoms with E-state index in [-0.39, 0.29) is 6.07 Å². The summed E-state index contributed by atoms with van der Waals surface area (Å²) >= 11 is 0. The van der Waals surface area contributed by atoms with E-state index >= 15 is 0 Å². The topological polar surface area (TPSA) is 86.6 Å². The second kappa shape index (κ2) is 5.87. The number of hydrogen-bond acceptors (Lipinski definition) is 3. The van der Waals surface area contributed by atoms with Crippen LogP contribution in [0.3, 0.4) is 0 Å². The van der Waals surface area contributed by atoms with E-state index in [9.17, 15) is 27.2 Å². The molecule has 0 aliphatic carbocycles. The molecule has 0 fully saturated rings. The van der Waals surface area contributed by atoms with E-state index in [0.717, 1.165) is 6.07 Å². The summed E-state index contributed by atoms with van der Waals surface area (Å²) in [6, 6.07) is -0.175. The number of rotatable bonds is 4. The zero-order valence-corrected chi connectivity index (χ0v) is 9.74. The van der Waals surface area contributed by atoms with Crippen molar-refractivity contribution in [2.45, 2.75) is 12.2 Å². The van der Waals surface area contributed by atoms with Crippen molar-refractivity contribution in [1.29, 1.82) is 0 Å². The van der Waals surface area contributed by atoms with E-state index in [2.05, 4.69) is 0 Å². The quantitative estimate of drug-likeness (QED) is 0.724. The number of hydrogen-bond donors (Lipinski definition) is 3. The number of aliphatic hydroxyl groups excluding tert-OH is 1. The second-order valence-corrected chi connectivity index (χ2v) is 3.74. The normalized spacial score (nSPS) is 12.8. The first kappa shape index (κ1) is 15.9. The molecule has 1 unspecified atom stereocenters. The molecule has 0 saturated carbocycles. The summed E-state index contributed by atoms with van der Waals surface area (Å²) < 4.78 is 50.3. The Morgan fingerprint density at radius 2 is 1.90 bits per heavy atom. The summed E-state index contributed by atoms with van der Waals surface area (Å²) in [6.45, 7) is -0.936. The van der Waals surface area contributed by atoms with Crippen LogP contribution < -0.4 is 5.32 Å². The number of carbonyl (C=O) groups is 2. The van der Waals surface area contributed by atoms with E-state index in [0.29, 0.717) is 6.07 Å². The smallest absolute Gasteiger partial charge is 0.419 e. The number of carboxylic acids is 1. The van der Waals surface area contributed by atoms with Gasteiger partial charge in [0.1, 0.15) is 5.82 Å². The first-order valence-corrected chi connectivity index (χ1v) is 5.18. The lowest BCUT2D eigenvalue weighted by Crippen LogP contribution is -2.43. The average Bonchev–Trinajstić information content (AvgIpc) is 2.34. The largest absolute Gasteiger partial charge is 0.480 e. The van der Waals surface area contributed by atoms with E-state index < -0.39 is 47.6 Å². The minimum Gasteiger partial charge on any atom is -0.480 e. The van der Waals surface area contributed by atoms with Crippen LogP contribution in [0.1, 0.15) is 15.9 Å². The van der Waals surface area contributed by atoms with E-state index in [1.165, 1.54) is 0 Å². The molecular formula is C11H9F4NO4. The zero-order valence-electron chi connectivity index (χ0n) is 9.74. The average molecular weight is 295 g/mol. The van der Waals surface area contributed by atoms with Gasteiger partial charge in [0.25, 0.3) is 5.91 Å².